The average molecular weight is 267 g/mol. The van der Waals surface area contributed by atoms with Gasteiger partial charge in [-0.3, -0.25) is 19.6 Å². The topological polar surface area (TPSA) is 75.0 Å². The molecule has 0 saturated heterocycles. The Morgan fingerprint density at radius 2 is 2.44 bits per heavy atom. The summed E-state index contributed by atoms with van der Waals surface area (Å²) in [5, 5.41) is 11.4. The lowest BCUT2D eigenvalue weighted by Gasteiger charge is -2.15. The van der Waals surface area contributed by atoms with Crippen molar-refractivity contribution in [3.8, 4) is 5.75 Å². The zero-order valence-electron chi connectivity index (χ0n) is 10.0. The molecule has 7 heteroatoms. The number of hydroxylamine groups is 2. The van der Waals surface area contributed by atoms with E-state index < -0.39 is 6.04 Å². The highest BCUT2D eigenvalue weighted by Crippen LogP contribution is 2.27. The number of carbonyl (C=O) groups is 1. The molecule has 1 aliphatic heterocycles. The Kier molecular flexibility index (Phi) is 3.83. The minimum Gasteiger partial charge on any atom is -0.506 e. The number of rotatable bonds is 3. The van der Waals surface area contributed by atoms with Crippen LogP contribution >= 0.6 is 11.8 Å². The van der Waals surface area contributed by atoms with Crippen molar-refractivity contribution in [1.29, 1.82) is 0 Å². The van der Waals surface area contributed by atoms with Crippen molar-refractivity contribution in [1.82, 2.24) is 10.0 Å². The summed E-state index contributed by atoms with van der Waals surface area (Å²) in [5.74, 6) is 0.380. The molecule has 1 aromatic heterocycles. The van der Waals surface area contributed by atoms with Gasteiger partial charge < -0.3 is 5.11 Å². The van der Waals surface area contributed by atoms with Gasteiger partial charge in [0.05, 0.1) is 7.11 Å². The first-order valence-electron chi connectivity index (χ1n) is 5.30. The van der Waals surface area contributed by atoms with Crippen molar-refractivity contribution in [2.45, 2.75) is 6.04 Å². The summed E-state index contributed by atoms with van der Waals surface area (Å²) >= 11 is 1.40. The van der Waals surface area contributed by atoms with Gasteiger partial charge in [-0.1, -0.05) is 0 Å². The third-order valence-corrected chi connectivity index (χ3v) is 3.56. The molecule has 6 nitrogen and oxygen atoms in total. The molecule has 0 aromatic carbocycles. The van der Waals surface area contributed by atoms with Crippen LogP contribution in [0.1, 0.15) is 5.69 Å². The predicted molar refractivity (Wildman–Crippen MR) is 68.5 cm³/mol. The first-order chi connectivity index (χ1) is 8.63. The summed E-state index contributed by atoms with van der Waals surface area (Å²) in [7, 11) is 2.97. The molecule has 1 unspecified atom stereocenters. The number of aromatic hydroxyl groups is 1. The van der Waals surface area contributed by atoms with Gasteiger partial charge in [-0.25, -0.2) is 5.06 Å². The fourth-order valence-electron chi connectivity index (χ4n) is 1.49. The van der Waals surface area contributed by atoms with E-state index in [1.54, 1.807) is 25.4 Å². The number of hydrogen-bond acceptors (Lipinski definition) is 6. The number of carbonyl (C=O) groups excluding carboxylic acids is 1. The fourth-order valence-corrected chi connectivity index (χ4v) is 2.52. The monoisotopic (exact) mass is 267 g/mol. The average Bonchev–Trinajstić information content (AvgIpc) is 2.87. The van der Waals surface area contributed by atoms with Gasteiger partial charge in [0.25, 0.3) is 5.91 Å². The van der Waals surface area contributed by atoms with Crippen LogP contribution in [-0.2, 0) is 9.63 Å². The lowest BCUT2D eigenvalue weighted by atomic mass is 10.3. The van der Waals surface area contributed by atoms with Crippen molar-refractivity contribution >= 4 is 22.7 Å². The molecular weight excluding hydrogens is 254 g/mol. The van der Waals surface area contributed by atoms with Gasteiger partial charge in [-0.15, -0.1) is 11.8 Å². The molecule has 2 heterocycles. The molecule has 1 amide bonds. The minimum absolute atomic E-state index is 0.0666. The fraction of sp³-hybridized carbons (Fsp3) is 0.364. The molecule has 1 aliphatic rings. The molecular formula is C11H13N3O3S. The summed E-state index contributed by atoms with van der Waals surface area (Å²) in [6.45, 7) is 0. The highest BCUT2D eigenvalue weighted by molar-refractivity contribution is 8.14. The zero-order valence-corrected chi connectivity index (χ0v) is 10.8. The highest BCUT2D eigenvalue weighted by atomic mass is 32.2. The van der Waals surface area contributed by atoms with Crippen molar-refractivity contribution in [2.75, 3.05) is 19.9 Å². The smallest absolute Gasteiger partial charge is 0.271 e. The quantitative estimate of drug-likeness (QED) is 0.815. The number of pyridine rings is 1. The lowest BCUT2D eigenvalue weighted by Crippen LogP contribution is -2.34. The van der Waals surface area contributed by atoms with Crippen LogP contribution in [0.15, 0.2) is 23.3 Å². The van der Waals surface area contributed by atoms with E-state index in [2.05, 4.69) is 9.98 Å². The Morgan fingerprint density at radius 1 is 1.67 bits per heavy atom. The van der Waals surface area contributed by atoms with E-state index in [1.807, 2.05) is 0 Å². The van der Waals surface area contributed by atoms with E-state index in [0.29, 0.717) is 16.5 Å². The minimum atomic E-state index is -0.489. The Labute approximate surface area is 109 Å². The van der Waals surface area contributed by atoms with Crippen LogP contribution in [0.2, 0.25) is 0 Å². The van der Waals surface area contributed by atoms with E-state index in [-0.39, 0.29) is 11.7 Å². The van der Waals surface area contributed by atoms with Gasteiger partial charge in [-0.05, 0) is 12.1 Å². The highest BCUT2D eigenvalue weighted by Gasteiger charge is 2.29. The predicted octanol–water partition coefficient (Wildman–Crippen LogP) is 0.669. The Morgan fingerprint density at radius 3 is 3.11 bits per heavy atom. The second-order valence-corrected chi connectivity index (χ2v) is 4.66. The van der Waals surface area contributed by atoms with Crippen LogP contribution in [0, 0.1) is 0 Å². The molecule has 96 valence electrons. The molecule has 1 aromatic rings. The van der Waals surface area contributed by atoms with Crippen LogP contribution in [0.5, 0.6) is 5.75 Å². The Balaban J connectivity index is 2.19. The molecule has 0 bridgehead atoms. The number of aliphatic imine (C=N–C) groups is 1. The molecule has 1 N–H and O–H groups in total. The van der Waals surface area contributed by atoms with Gasteiger partial charge in [0.2, 0.25) is 0 Å². The van der Waals surface area contributed by atoms with Crippen LogP contribution < -0.4 is 0 Å². The van der Waals surface area contributed by atoms with Crippen molar-refractivity contribution in [3.63, 3.8) is 0 Å². The first-order valence-corrected chi connectivity index (χ1v) is 6.28. The van der Waals surface area contributed by atoms with Gasteiger partial charge >= 0.3 is 0 Å². The molecule has 1 atom stereocenters. The normalized spacial score (nSPS) is 18.6. The summed E-state index contributed by atoms with van der Waals surface area (Å²) in [6.07, 6.45) is 1.58. The summed E-state index contributed by atoms with van der Waals surface area (Å²) in [6, 6.07) is 2.69. The number of thioether (sulfide) groups is 1. The largest absolute Gasteiger partial charge is 0.506 e. The molecule has 18 heavy (non-hydrogen) atoms. The van der Waals surface area contributed by atoms with Crippen LogP contribution in [0.4, 0.5) is 0 Å². The van der Waals surface area contributed by atoms with Crippen LogP contribution in [0.3, 0.4) is 0 Å². The molecule has 2 rings (SSSR count). The maximum atomic E-state index is 11.8. The summed E-state index contributed by atoms with van der Waals surface area (Å²) < 4.78 is 0. The third-order valence-electron chi connectivity index (χ3n) is 2.51. The van der Waals surface area contributed by atoms with E-state index in [1.165, 1.54) is 18.9 Å². The van der Waals surface area contributed by atoms with E-state index in [4.69, 9.17) is 4.84 Å². The standard InChI is InChI=1S/C11H13N3O3S/c1-14(17-2)11(16)7-6-18-10(13-7)9-8(15)4-3-5-12-9/h3-5,7,15H,6H2,1-2H3. The molecule has 0 fully saturated rings. The van der Waals surface area contributed by atoms with E-state index >= 15 is 0 Å². The van der Waals surface area contributed by atoms with E-state index in [9.17, 15) is 9.90 Å². The van der Waals surface area contributed by atoms with Gasteiger partial charge in [0.15, 0.2) is 0 Å². The first kappa shape index (κ1) is 12.8. The van der Waals surface area contributed by atoms with E-state index in [0.717, 1.165) is 5.06 Å². The maximum absolute atomic E-state index is 11.8. The number of hydrogen-bond donors (Lipinski definition) is 1. The molecule has 0 spiro atoms. The van der Waals surface area contributed by atoms with Gasteiger partial charge in [0, 0.05) is 19.0 Å². The number of likely N-dealkylation sites (N-methyl/N-ethyl adjacent to an activating group) is 1. The summed E-state index contributed by atoms with van der Waals surface area (Å²) in [5.41, 5.74) is 0.415. The maximum Gasteiger partial charge on any atom is 0.271 e. The Bertz CT molecular complexity index is 492. The second-order valence-electron chi connectivity index (χ2n) is 3.65. The van der Waals surface area contributed by atoms with Gasteiger partial charge in [0.1, 0.15) is 22.5 Å². The Hall–Kier alpha value is -1.60. The van der Waals surface area contributed by atoms with Gasteiger partial charge in [-0.2, -0.15) is 0 Å². The molecule has 0 aliphatic carbocycles. The SMILES string of the molecule is CON(C)C(=O)C1CSC(c2ncccc2O)=N1. The number of amides is 1. The lowest BCUT2D eigenvalue weighted by molar-refractivity contribution is -0.169. The molecule has 0 radical (unpaired) electrons. The third kappa shape index (κ3) is 2.46. The second kappa shape index (κ2) is 5.36. The van der Waals surface area contributed by atoms with Crippen molar-refractivity contribution < 1.29 is 14.7 Å². The van der Waals surface area contributed by atoms with Crippen molar-refractivity contribution in [2.24, 2.45) is 4.99 Å². The summed E-state index contributed by atoms with van der Waals surface area (Å²) in [4.78, 5) is 25.0. The molecule has 0 saturated carbocycles. The number of nitrogens with zero attached hydrogens (tertiary/aromatic N) is 3. The zero-order chi connectivity index (χ0) is 13.1. The van der Waals surface area contributed by atoms with Crippen LogP contribution in [-0.4, -0.2) is 52.1 Å². The van der Waals surface area contributed by atoms with Crippen molar-refractivity contribution in [3.05, 3.63) is 24.0 Å². The number of aromatic nitrogens is 1. The van der Waals surface area contributed by atoms with Crippen LogP contribution in [0.25, 0.3) is 0 Å².